The first-order valence-corrected chi connectivity index (χ1v) is 5.78. The number of carbonyl (C=O) groups is 2. The molecule has 0 aliphatic carbocycles. The summed E-state index contributed by atoms with van der Waals surface area (Å²) in [6, 6.07) is 9.75. The molecule has 2 fully saturated rings. The smallest absolute Gasteiger partial charge is 0.228 e. The normalized spacial score (nSPS) is 17.9. The average Bonchev–Trinajstić information content (AvgIpc) is 2.36. The highest BCUT2D eigenvalue weighted by atomic mass is 16.2. The molecule has 0 aromatic heterocycles. The molecule has 4 heteroatoms. The summed E-state index contributed by atoms with van der Waals surface area (Å²) in [5.74, 6) is 0.506. The minimum Gasteiger partial charge on any atom is -0.345 e. The van der Waals surface area contributed by atoms with E-state index >= 15 is 0 Å². The minimum atomic E-state index is 0.233. The van der Waals surface area contributed by atoms with E-state index in [1.807, 2.05) is 37.4 Å². The monoisotopic (exact) mass is 232 g/mol. The van der Waals surface area contributed by atoms with Crippen molar-refractivity contribution in [1.82, 2.24) is 4.90 Å². The Kier molecular flexibility index (Phi) is 3.42. The second-order valence-electron chi connectivity index (χ2n) is 4.20. The van der Waals surface area contributed by atoms with Gasteiger partial charge in [0.2, 0.25) is 11.8 Å². The van der Waals surface area contributed by atoms with Crippen LogP contribution in [0.2, 0.25) is 0 Å². The maximum absolute atomic E-state index is 11.0. The van der Waals surface area contributed by atoms with Gasteiger partial charge in [-0.05, 0) is 12.1 Å². The van der Waals surface area contributed by atoms with Crippen molar-refractivity contribution in [2.75, 3.05) is 25.0 Å². The van der Waals surface area contributed by atoms with E-state index in [0.717, 1.165) is 25.2 Å². The summed E-state index contributed by atoms with van der Waals surface area (Å²) in [5.41, 5.74) is 1.02. The molecule has 90 valence electrons. The van der Waals surface area contributed by atoms with Crippen molar-refractivity contribution in [2.45, 2.75) is 12.8 Å². The molecule has 2 aliphatic heterocycles. The molecule has 0 unspecified atom stereocenters. The molecule has 2 aliphatic rings. The van der Waals surface area contributed by atoms with Crippen LogP contribution >= 0.6 is 0 Å². The van der Waals surface area contributed by atoms with Gasteiger partial charge in [-0.25, -0.2) is 0 Å². The lowest BCUT2D eigenvalue weighted by atomic mass is 10.1. The number of carbonyl (C=O) groups excluding carboxylic acids is 2. The second kappa shape index (κ2) is 4.99. The molecule has 1 aromatic rings. The van der Waals surface area contributed by atoms with Gasteiger partial charge in [-0.15, -0.1) is 0 Å². The first-order valence-electron chi connectivity index (χ1n) is 5.78. The van der Waals surface area contributed by atoms with Crippen molar-refractivity contribution >= 4 is 17.5 Å². The molecule has 0 radical (unpaired) electrons. The van der Waals surface area contributed by atoms with Gasteiger partial charge in [0.15, 0.2) is 0 Å². The first-order chi connectivity index (χ1) is 8.18. The zero-order chi connectivity index (χ0) is 12.3. The van der Waals surface area contributed by atoms with Gasteiger partial charge in [0.25, 0.3) is 0 Å². The molecule has 3 rings (SSSR count). The summed E-state index contributed by atoms with van der Waals surface area (Å²) in [5, 5.41) is 0. The Labute approximate surface area is 101 Å². The third-order valence-corrected chi connectivity index (χ3v) is 3.01. The number of hydrogen-bond acceptors (Lipinski definition) is 2. The summed E-state index contributed by atoms with van der Waals surface area (Å²) >= 11 is 0. The minimum absolute atomic E-state index is 0.233. The topological polar surface area (TPSA) is 40.6 Å². The van der Waals surface area contributed by atoms with Crippen LogP contribution in [0.1, 0.15) is 12.8 Å². The summed E-state index contributed by atoms with van der Waals surface area (Å²) in [6.45, 7) is 1.84. The number of rotatable bonds is 1. The van der Waals surface area contributed by atoms with Gasteiger partial charge in [-0.3, -0.25) is 9.59 Å². The van der Waals surface area contributed by atoms with Gasteiger partial charge in [-0.2, -0.15) is 0 Å². The third-order valence-electron chi connectivity index (χ3n) is 3.01. The maximum Gasteiger partial charge on any atom is 0.228 e. The maximum atomic E-state index is 11.0. The molecule has 2 amide bonds. The first kappa shape index (κ1) is 11.6. The number of benzene rings is 1. The zero-order valence-electron chi connectivity index (χ0n) is 9.93. The lowest BCUT2D eigenvalue weighted by molar-refractivity contribution is -0.137. The Hall–Kier alpha value is -1.84. The summed E-state index contributed by atoms with van der Waals surface area (Å²) in [6.07, 6.45) is 1.46. The largest absolute Gasteiger partial charge is 0.345 e. The van der Waals surface area contributed by atoms with Gasteiger partial charge >= 0.3 is 0 Å². The predicted octanol–water partition coefficient (Wildman–Crippen LogP) is 1.27. The van der Waals surface area contributed by atoms with Crippen molar-refractivity contribution in [3.63, 3.8) is 0 Å². The number of amides is 2. The van der Waals surface area contributed by atoms with Gasteiger partial charge in [0.05, 0.1) is 0 Å². The Balaban J connectivity index is 0.000000153. The van der Waals surface area contributed by atoms with E-state index < -0.39 is 0 Å². The molecule has 4 nitrogen and oxygen atoms in total. The van der Waals surface area contributed by atoms with Gasteiger partial charge in [0.1, 0.15) is 0 Å². The van der Waals surface area contributed by atoms with E-state index in [2.05, 4.69) is 0 Å². The van der Waals surface area contributed by atoms with E-state index in [1.165, 1.54) is 0 Å². The molecule has 0 bridgehead atoms. The zero-order valence-corrected chi connectivity index (χ0v) is 9.93. The highest BCUT2D eigenvalue weighted by Crippen LogP contribution is 2.20. The number of para-hydroxylation sites is 1. The molecular formula is C13H16N2O2. The van der Waals surface area contributed by atoms with Crippen LogP contribution in [0.4, 0.5) is 5.69 Å². The van der Waals surface area contributed by atoms with E-state index in [1.54, 1.807) is 9.80 Å². The average molecular weight is 232 g/mol. The number of β-lactam (4-membered cyclic amide) rings is 2. The molecule has 2 saturated heterocycles. The van der Waals surface area contributed by atoms with Crippen molar-refractivity contribution in [1.29, 1.82) is 0 Å². The van der Waals surface area contributed by atoms with Crippen LogP contribution in [0.15, 0.2) is 30.3 Å². The van der Waals surface area contributed by atoms with E-state index in [4.69, 9.17) is 0 Å². The fraction of sp³-hybridized carbons (Fsp3) is 0.385. The molecule has 0 N–H and O–H groups in total. The summed E-state index contributed by atoms with van der Waals surface area (Å²) < 4.78 is 0. The molecule has 1 aromatic carbocycles. The van der Waals surface area contributed by atoms with Crippen LogP contribution in [0.3, 0.4) is 0 Å². The fourth-order valence-corrected chi connectivity index (χ4v) is 1.62. The predicted molar refractivity (Wildman–Crippen MR) is 65.7 cm³/mol. The molecule has 2 heterocycles. The highest BCUT2D eigenvalue weighted by Gasteiger charge is 2.24. The summed E-state index contributed by atoms with van der Waals surface area (Å²) in [4.78, 5) is 24.6. The standard InChI is InChI=1S/C9H9NO.C4H7NO/c11-9-6-7-10(9)8-4-2-1-3-5-8;1-5-3-2-4(5)6/h1-5H,6-7H2;2-3H2,1H3. The lowest BCUT2D eigenvalue weighted by Gasteiger charge is -2.30. The Morgan fingerprint density at radius 1 is 0.941 bits per heavy atom. The van der Waals surface area contributed by atoms with Crippen molar-refractivity contribution in [3.8, 4) is 0 Å². The van der Waals surface area contributed by atoms with Crippen LogP contribution in [0, 0.1) is 0 Å². The van der Waals surface area contributed by atoms with E-state index in [9.17, 15) is 9.59 Å². The molecular weight excluding hydrogens is 216 g/mol. The number of nitrogens with zero attached hydrogens (tertiary/aromatic N) is 2. The number of likely N-dealkylation sites (tertiary alicyclic amines) is 1. The van der Waals surface area contributed by atoms with Crippen molar-refractivity contribution in [2.24, 2.45) is 0 Å². The Morgan fingerprint density at radius 3 is 1.82 bits per heavy atom. The molecule has 17 heavy (non-hydrogen) atoms. The molecule has 0 atom stereocenters. The second-order valence-corrected chi connectivity index (χ2v) is 4.20. The Morgan fingerprint density at radius 2 is 1.53 bits per heavy atom. The van der Waals surface area contributed by atoms with Crippen LogP contribution in [0.25, 0.3) is 0 Å². The fourth-order valence-electron chi connectivity index (χ4n) is 1.62. The van der Waals surface area contributed by atoms with Crippen LogP contribution < -0.4 is 4.90 Å². The Bertz CT molecular complexity index is 417. The quantitative estimate of drug-likeness (QED) is 0.684. The van der Waals surface area contributed by atoms with Crippen LogP contribution in [0.5, 0.6) is 0 Å². The van der Waals surface area contributed by atoms with Crippen LogP contribution in [-0.4, -0.2) is 36.9 Å². The lowest BCUT2D eigenvalue weighted by Crippen LogP contribution is -2.43. The van der Waals surface area contributed by atoms with Gasteiger partial charge in [0, 0.05) is 38.7 Å². The number of hydrogen-bond donors (Lipinski definition) is 0. The van der Waals surface area contributed by atoms with Gasteiger partial charge < -0.3 is 9.80 Å². The van der Waals surface area contributed by atoms with E-state index in [0.29, 0.717) is 6.42 Å². The van der Waals surface area contributed by atoms with Crippen LogP contribution in [-0.2, 0) is 9.59 Å². The number of anilines is 1. The van der Waals surface area contributed by atoms with Crippen molar-refractivity contribution < 1.29 is 9.59 Å². The highest BCUT2D eigenvalue weighted by molar-refractivity contribution is 5.99. The van der Waals surface area contributed by atoms with E-state index in [-0.39, 0.29) is 11.8 Å². The third kappa shape index (κ3) is 2.64. The molecule has 0 spiro atoms. The SMILES string of the molecule is CN1CCC1=O.O=C1CCN1c1ccccc1. The molecule has 0 saturated carbocycles. The van der Waals surface area contributed by atoms with Gasteiger partial charge in [-0.1, -0.05) is 18.2 Å². The summed E-state index contributed by atoms with van der Waals surface area (Å²) in [7, 11) is 1.81. The van der Waals surface area contributed by atoms with Crippen molar-refractivity contribution in [3.05, 3.63) is 30.3 Å².